The van der Waals surface area contributed by atoms with E-state index < -0.39 is 72.0 Å². The van der Waals surface area contributed by atoms with Crippen LogP contribution in [0.25, 0.3) is 0 Å². The Hall–Kier alpha value is -2.05. The fourth-order valence-electron chi connectivity index (χ4n) is 5.16. The molecule has 0 saturated carbocycles. The van der Waals surface area contributed by atoms with Gasteiger partial charge in [0.15, 0.2) is 17.9 Å². The highest BCUT2D eigenvalue weighted by atomic mass is 16.9. The van der Waals surface area contributed by atoms with Crippen molar-refractivity contribution in [1.82, 2.24) is 0 Å². The summed E-state index contributed by atoms with van der Waals surface area (Å²) in [5, 5.41) is 0. The molecular weight excluding hydrogens is 440 g/mol. The van der Waals surface area contributed by atoms with Crippen LogP contribution in [0.2, 0.25) is 0 Å². The lowest BCUT2D eigenvalue weighted by Crippen LogP contribution is -2.56. The van der Waals surface area contributed by atoms with Gasteiger partial charge in [0.2, 0.25) is 0 Å². The molecule has 9 atom stereocenters. The molecule has 11 nitrogen and oxygen atoms in total. The van der Waals surface area contributed by atoms with E-state index in [0.29, 0.717) is 12.8 Å². The SMILES string of the molecule is C=C(C)C(=O)OC[C@H]1O[C@@H]2OC(C)(C3CCOC3=O)O[C@H]2[C@H]2OC(C)(C3CCOC3=O)O[C@@H]21. The van der Waals surface area contributed by atoms with Crippen molar-refractivity contribution < 1.29 is 52.3 Å². The van der Waals surface area contributed by atoms with E-state index in [9.17, 15) is 14.4 Å². The third kappa shape index (κ3) is 3.75. The second-order valence-electron chi connectivity index (χ2n) is 9.34. The summed E-state index contributed by atoms with van der Waals surface area (Å²) < 4.78 is 46.5. The molecule has 0 N–H and O–H groups in total. The summed E-state index contributed by atoms with van der Waals surface area (Å²) in [7, 11) is 0. The van der Waals surface area contributed by atoms with Crippen molar-refractivity contribution in [1.29, 1.82) is 0 Å². The second-order valence-corrected chi connectivity index (χ2v) is 9.34. The Kier molecular flexibility index (Phi) is 5.52. The molecule has 0 aromatic heterocycles. The van der Waals surface area contributed by atoms with E-state index in [2.05, 4.69) is 6.58 Å². The van der Waals surface area contributed by atoms with Crippen LogP contribution in [-0.4, -0.2) is 80.0 Å². The van der Waals surface area contributed by atoms with Crippen LogP contribution in [-0.2, 0) is 52.3 Å². The molecule has 5 rings (SSSR count). The third-order valence-electron chi connectivity index (χ3n) is 6.92. The molecule has 4 unspecified atom stereocenters. The van der Waals surface area contributed by atoms with Gasteiger partial charge in [0.05, 0.1) is 13.2 Å². The van der Waals surface area contributed by atoms with Gasteiger partial charge in [-0.15, -0.1) is 0 Å². The van der Waals surface area contributed by atoms with Gasteiger partial charge < -0.3 is 37.9 Å². The van der Waals surface area contributed by atoms with Crippen LogP contribution in [0.3, 0.4) is 0 Å². The number of hydrogen-bond donors (Lipinski definition) is 0. The van der Waals surface area contributed by atoms with Crippen LogP contribution in [0.5, 0.6) is 0 Å². The Morgan fingerprint density at radius 1 is 0.939 bits per heavy atom. The first-order valence-electron chi connectivity index (χ1n) is 11.1. The molecule has 0 aromatic rings. The molecule has 0 spiro atoms. The quantitative estimate of drug-likeness (QED) is 0.320. The molecule has 0 aromatic carbocycles. The van der Waals surface area contributed by atoms with Crippen molar-refractivity contribution in [2.24, 2.45) is 11.8 Å². The number of rotatable bonds is 5. The topological polar surface area (TPSA) is 125 Å². The highest BCUT2D eigenvalue weighted by Crippen LogP contribution is 2.50. The van der Waals surface area contributed by atoms with E-state index in [1.54, 1.807) is 20.8 Å². The fourth-order valence-corrected chi connectivity index (χ4v) is 5.16. The lowest BCUT2D eigenvalue weighted by Gasteiger charge is -2.36. The summed E-state index contributed by atoms with van der Waals surface area (Å²) in [4.78, 5) is 36.5. The summed E-state index contributed by atoms with van der Waals surface area (Å²) in [6, 6.07) is 0. The van der Waals surface area contributed by atoms with E-state index >= 15 is 0 Å². The van der Waals surface area contributed by atoms with Gasteiger partial charge >= 0.3 is 17.9 Å². The molecule has 33 heavy (non-hydrogen) atoms. The van der Waals surface area contributed by atoms with Gasteiger partial charge in [0, 0.05) is 18.4 Å². The number of cyclic esters (lactones) is 2. The average Bonchev–Trinajstić information content (AvgIpc) is 3.51. The van der Waals surface area contributed by atoms with Crippen molar-refractivity contribution in [3.05, 3.63) is 12.2 Å². The van der Waals surface area contributed by atoms with Crippen LogP contribution in [0.1, 0.15) is 33.6 Å². The maximum atomic E-state index is 12.3. The van der Waals surface area contributed by atoms with Gasteiger partial charge in [0.25, 0.3) is 0 Å². The highest BCUT2D eigenvalue weighted by molar-refractivity contribution is 5.86. The molecular formula is C22H28O11. The minimum Gasteiger partial charge on any atom is -0.465 e. The van der Waals surface area contributed by atoms with Gasteiger partial charge in [-0.2, -0.15) is 0 Å². The Labute approximate surface area is 190 Å². The lowest BCUT2D eigenvalue weighted by atomic mass is 9.98. The molecule has 5 fully saturated rings. The van der Waals surface area contributed by atoms with Crippen molar-refractivity contribution in [3.63, 3.8) is 0 Å². The number of hydrogen-bond acceptors (Lipinski definition) is 11. The van der Waals surface area contributed by atoms with E-state index in [-0.39, 0.29) is 25.4 Å². The maximum absolute atomic E-state index is 12.3. The lowest BCUT2D eigenvalue weighted by molar-refractivity contribution is -0.255. The first-order valence-corrected chi connectivity index (χ1v) is 11.1. The summed E-state index contributed by atoms with van der Waals surface area (Å²) >= 11 is 0. The van der Waals surface area contributed by atoms with E-state index in [0.717, 1.165) is 0 Å². The highest BCUT2D eigenvalue weighted by Gasteiger charge is 2.66. The Morgan fingerprint density at radius 3 is 2.03 bits per heavy atom. The van der Waals surface area contributed by atoms with Crippen molar-refractivity contribution >= 4 is 17.9 Å². The van der Waals surface area contributed by atoms with Gasteiger partial charge in [-0.05, 0) is 20.8 Å². The third-order valence-corrected chi connectivity index (χ3v) is 6.92. The van der Waals surface area contributed by atoms with Crippen LogP contribution >= 0.6 is 0 Å². The summed E-state index contributed by atoms with van der Waals surface area (Å²) in [5.74, 6) is -5.19. The van der Waals surface area contributed by atoms with Crippen molar-refractivity contribution in [3.8, 4) is 0 Å². The van der Waals surface area contributed by atoms with Crippen LogP contribution in [0, 0.1) is 11.8 Å². The molecule has 5 saturated heterocycles. The first-order chi connectivity index (χ1) is 15.6. The molecule has 5 aliphatic rings. The zero-order valence-corrected chi connectivity index (χ0v) is 18.8. The van der Waals surface area contributed by atoms with E-state index in [4.69, 9.17) is 37.9 Å². The normalized spacial score (nSPS) is 46.5. The molecule has 5 aliphatic heterocycles. The van der Waals surface area contributed by atoms with E-state index in [1.807, 2.05) is 0 Å². The zero-order valence-electron chi connectivity index (χ0n) is 18.8. The summed E-state index contributed by atoms with van der Waals surface area (Å²) in [6.45, 7) is 8.90. The second kappa shape index (κ2) is 8.02. The van der Waals surface area contributed by atoms with Crippen molar-refractivity contribution in [2.75, 3.05) is 19.8 Å². The van der Waals surface area contributed by atoms with Gasteiger partial charge in [-0.1, -0.05) is 6.58 Å². The Balaban J connectivity index is 1.40. The molecule has 0 bridgehead atoms. The predicted molar refractivity (Wildman–Crippen MR) is 105 cm³/mol. The summed E-state index contributed by atoms with van der Waals surface area (Å²) in [5.41, 5.74) is 0.245. The van der Waals surface area contributed by atoms with Crippen LogP contribution in [0.15, 0.2) is 12.2 Å². The Bertz CT molecular complexity index is 872. The zero-order chi connectivity index (χ0) is 23.5. The minimum atomic E-state index is -1.29. The maximum Gasteiger partial charge on any atom is 0.333 e. The van der Waals surface area contributed by atoms with Gasteiger partial charge in [0.1, 0.15) is 42.9 Å². The summed E-state index contributed by atoms with van der Waals surface area (Å²) in [6.07, 6.45) is -2.92. The number of esters is 3. The molecule has 5 heterocycles. The smallest absolute Gasteiger partial charge is 0.333 e. The minimum absolute atomic E-state index is 0.143. The Morgan fingerprint density at radius 2 is 1.48 bits per heavy atom. The van der Waals surface area contributed by atoms with Gasteiger partial charge in [-0.25, -0.2) is 4.79 Å². The van der Waals surface area contributed by atoms with E-state index in [1.165, 1.54) is 0 Å². The molecule has 0 aliphatic carbocycles. The number of carbonyl (C=O) groups is 3. The van der Waals surface area contributed by atoms with Crippen LogP contribution < -0.4 is 0 Å². The van der Waals surface area contributed by atoms with Gasteiger partial charge in [-0.3, -0.25) is 9.59 Å². The monoisotopic (exact) mass is 468 g/mol. The number of fused-ring (bicyclic) bond motifs is 3. The number of carbonyl (C=O) groups excluding carboxylic acids is 3. The molecule has 0 radical (unpaired) electrons. The molecule has 0 amide bonds. The standard InChI is InChI=1S/C22H28O11/c1-10(2)17(23)28-9-13-14-15(31-21(3,30-14)11-5-7-26-18(11)24)16-20(29-13)33-22(4,32-16)12-6-8-27-19(12)25/h11-16,20H,1,5-9H2,2-4H3/t11?,12?,13-,14-,15+,16+,20-,21?,22?/m1/s1. The largest absolute Gasteiger partial charge is 0.465 e. The first kappa shape index (κ1) is 22.7. The average molecular weight is 468 g/mol. The van der Waals surface area contributed by atoms with Crippen LogP contribution in [0.4, 0.5) is 0 Å². The number of ether oxygens (including phenoxy) is 8. The molecule has 11 heteroatoms. The molecule has 182 valence electrons. The fraction of sp³-hybridized carbons (Fsp3) is 0.773. The predicted octanol–water partition coefficient (Wildman–Crippen LogP) is 0.589. The van der Waals surface area contributed by atoms with Crippen molar-refractivity contribution in [2.45, 2.75) is 75.9 Å².